The molecule has 0 spiro atoms. The van der Waals surface area contributed by atoms with Crippen molar-refractivity contribution in [3.8, 4) is 22.3 Å². The number of benzene rings is 4. The normalized spacial score (nSPS) is 11.0. The molecule has 4 aromatic carbocycles. The van der Waals surface area contributed by atoms with E-state index in [1.165, 1.54) is 43.7 Å². The summed E-state index contributed by atoms with van der Waals surface area (Å²) in [6, 6.07) is 36.6. The minimum absolute atomic E-state index is 1.02. The molecule has 0 aliphatic heterocycles. The van der Waals surface area contributed by atoms with Crippen LogP contribution >= 0.6 is 11.8 Å². The predicted octanol–water partition coefficient (Wildman–Crippen LogP) is 8.34. The lowest BCUT2D eigenvalue weighted by Crippen LogP contribution is -1.95. The number of aryl methyl sites for hydroxylation is 2. The number of hydrogen-bond donors (Lipinski definition) is 0. The van der Waals surface area contributed by atoms with Crippen LogP contribution in [0.2, 0.25) is 0 Å². The number of aromatic nitrogens is 1. The maximum Gasteiger partial charge on any atom is 0.110 e. The van der Waals surface area contributed by atoms with Gasteiger partial charge in [-0.1, -0.05) is 108 Å². The lowest BCUT2D eigenvalue weighted by atomic mass is 9.92. The first-order valence-corrected chi connectivity index (χ1v) is 11.3. The number of para-hydroxylation sites is 1. The van der Waals surface area contributed by atoms with Crippen LogP contribution in [0.5, 0.6) is 0 Å². The fourth-order valence-electron chi connectivity index (χ4n) is 3.87. The van der Waals surface area contributed by atoms with Crippen LogP contribution in [-0.2, 0) is 0 Å². The minimum atomic E-state index is 1.02. The molecule has 1 heterocycles. The molecule has 2 heteroatoms. The molecule has 0 aliphatic carbocycles. The van der Waals surface area contributed by atoms with Crippen LogP contribution in [0.3, 0.4) is 0 Å². The highest BCUT2D eigenvalue weighted by atomic mass is 32.2. The lowest BCUT2D eigenvalue weighted by Gasteiger charge is -2.18. The Labute approximate surface area is 187 Å². The Morgan fingerprint density at radius 1 is 0.548 bits per heavy atom. The average molecular weight is 418 g/mol. The van der Waals surface area contributed by atoms with Crippen LogP contribution < -0.4 is 0 Å². The number of pyridine rings is 1. The van der Waals surface area contributed by atoms with Crippen molar-refractivity contribution in [3.05, 3.63) is 114 Å². The standard InChI is InChI=1S/C29H23NS/c1-20-12-16-22(17-13-20)27-25-10-6-7-11-26(25)30-29(31-24-8-4-3-5-9-24)28(27)23-18-14-21(2)15-19-23/h3-19H,1-2H3. The van der Waals surface area contributed by atoms with Crippen molar-refractivity contribution in [2.45, 2.75) is 23.8 Å². The fraction of sp³-hybridized carbons (Fsp3) is 0.0690. The van der Waals surface area contributed by atoms with Crippen molar-refractivity contribution in [3.63, 3.8) is 0 Å². The van der Waals surface area contributed by atoms with Crippen molar-refractivity contribution in [1.29, 1.82) is 0 Å². The van der Waals surface area contributed by atoms with Gasteiger partial charge in [0, 0.05) is 21.4 Å². The number of nitrogens with zero attached hydrogens (tertiary/aromatic N) is 1. The van der Waals surface area contributed by atoms with Gasteiger partial charge in [-0.05, 0) is 43.2 Å². The van der Waals surface area contributed by atoms with Crippen molar-refractivity contribution in [1.82, 2.24) is 4.98 Å². The topological polar surface area (TPSA) is 12.9 Å². The zero-order valence-corrected chi connectivity index (χ0v) is 18.5. The summed E-state index contributed by atoms with van der Waals surface area (Å²) in [5.41, 5.74) is 8.38. The second kappa shape index (κ2) is 8.41. The third-order valence-electron chi connectivity index (χ3n) is 5.50. The second-order valence-corrected chi connectivity index (χ2v) is 8.89. The van der Waals surface area contributed by atoms with Gasteiger partial charge in [-0.2, -0.15) is 0 Å². The molecule has 0 fully saturated rings. The molecule has 0 radical (unpaired) electrons. The Kier molecular flexibility index (Phi) is 5.31. The van der Waals surface area contributed by atoms with Gasteiger partial charge in [0.1, 0.15) is 5.03 Å². The van der Waals surface area contributed by atoms with E-state index < -0.39 is 0 Å². The maximum absolute atomic E-state index is 5.14. The molecule has 0 atom stereocenters. The molecule has 0 amide bonds. The van der Waals surface area contributed by atoms with Crippen molar-refractivity contribution in [2.24, 2.45) is 0 Å². The molecule has 1 nitrogen and oxygen atoms in total. The van der Waals surface area contributed by atoms with Crippen LogP contribution in [0.4, 0.5) is 0 Å². The summed E-state index contributed by atoms with van der Waals surface area (Å²) >= 11 is 1.73. The van der Waals surface area contributed by atoms with Crippen LogP contribution in [0.25, 0.3) is 33.2 Å². The quantitative estimate of drug-likeness (QED) is 0.291. The van der Waals surface area contributed by atoms with E-state index in [0.29, 0.717) is 0 Å². The molecular weight excluding hydrogens is 394 g/mol. The molecule has 150 valence electrons. The summed E-state index contributed by atoms with van der Waals surface area (Å²) in [6.45, 7) is 4.26. The monoisotopic (exact) mass is 417 g/mol. The van der Waals surface area contributed by atoms with Gasteiger partial charge in [-0.15, -0.1) is 0 Å². The zero-order valence-electron chi connectivity index (χ0n) is 17.7. The third kappa shape index (κ3) is 3.99. The molecular formula is C29H23NS. The highest BCUT2D eigenvalue weighted by Crippen LogP contribution is 2.44. The summed E-state index contributed by atoms with van der Waals surface area (Å²) in [5, 5.41) is 2.21. The molecule has 0 unspecified atom stereocenters. The largest absolute Gasteiger partial charge is 0.240 e. The lowest BCUT2D eigenvalue weighted by molar-refractivity contribution is 1.19. The summed E-state index contributed by atoms with van der Waals surface area (Å²) in [7, 11) is 0. The Morgan fingerprint density at radius 3 is 1.74 bits per heavy atom. The van der Waals surface area contributed by atoms with Gasteiger partial charge < -0.3 is 0 Å². The molecule has 1 aromatic heterocycles. The van der Waals surface area contributed by atoms with E-state index >= 15 is 0 Å². The Balaban J connectivity index is 1.85. The Bertz CT molecular complexity index is 1340. The molecule has 0 aliphatic rings. The Hall–Kier alpha value is -3.36. The van der Waals surface area contributed by atoms with Crippen LogP contribution in [-0.4, -0.2) is 4.98 Å². The van der Waals surface area contributed by atoms with E-state index in [9.17, 15) is 0 Å². The predicted molar refractivity (Wildman–Crippen MR) is 133 cm³/mol. The summed E-state index contributed by atoms with van der Waals surface area (Å²) in [6.07, 6.45) is 0. The molecule has 0 saturated heterocycles. The van der Waals surface area contributed by atoms with Gasteiger partial charge in [-0.25, -0.2) is 4.98 Å². The van der Waals surface area contributed by atoms with Crippen LogP contribution in [0.15, 0.2) is 113 Å². The maximum atomic E-state index is 5.14. The van der Waals surface area contributed by atoms with Gasteiger partial charge in [-0.3, -0.25) is 0 Å². The number of hydrogen-bond acceptors (Lipinski definition) is 2. The van der Waals surface area contributed by atoms with E-state index in [1.54, 1.807) is 11.8 Å². The molecule has 5 rings (SSSR count). The smallest absolute Gasteiger partial charge is 0.110 e. The molecule has 0 N–H and O–H groups in total. The second-order valence-electron chi connectivity index (χ2n) is 7.83. The average Bonchev–Trinajstić information content (AvgIpc) is 2.80. The van der Waals surface area contributed by atoms with Crippen molar-refractivity contribution < 1.29 is 0 Å². The minimum Gasteiger partial charge on any atom is -0.240 e. The van der Waals surface area contributed by atoms with Gasteiger partial charge in [0.2, 0.25) is 0 Å². The highest BCUT2D eigenvalue weighted by Gasteiger charge is 2.19. The van der Waals surface area contributed by atoms with Gasteiger partial charge in [0.15, 0.2) is 0 Å². The van der Waals surface area contributed by atoms with E-state index in [4.69, 9.17) is 4.98 Å². The summed E-state index contributed by atoms with van der Waals surface area (Å²) in [4.78, 5) is 6.32. The first kappa shape index (κ1) is 19.6. The molecule has 31 heavy (non-hydrogen) atoms. The van der Waals surface area contributed by atoms with Gasteiger partial charge in [0.25, 0.3) is 0 Å². The number of fused-ring (bicyclic) bond motifs is 1. The van der Waals surface area contributed by atoms with Crippen LogP contribution in [0.1, 0.15) is 11.1 Å². The summed E-state index contributed by atoms with van der Waals surface area (Å²) in [5.74, 6) is 0. The Morgan fingerprint density at radius 2 is 1.10 bits per heavy atom. The van der Waals surface area contributed by atoms with Crippen molar-refractivity contribution >= 4 is 22.7 Å². The van der Waals surface area contributed by atoms with E-state index in [2.05, 4.69) is 117 Å². The van der Waals surface area contributed by atoms with Crippen molar-refractivity contribution in [2.75, 3.05) is 0 Å². The molecule has 0 saturated carbocycles. The van der Waals surface area contributed by atoms with Crippen LogP contribution in [0, 0.1) is 13.8 Å². The first-order chi connectivity index (χ1) is 15.2. The number of rotatable bonds is 4. The highest BCUT2D eigenvalue weighted by molar-refractivity contribution is 7.99. The van der Waals surface area contributed by atoms with Gasteiger partial charge >= 0.3 is 0 Å². The first-order valence-electron chi connectivity index (χ1n) is 10.5. The third-order valence-corrected chi connectivity index (χ3v) is 6.49. The van der Waals surface area contributed by atoms with E-state index in [1.807, 2.05) is 0 Å². The van der Waals surface area contributed by atoms with E-state index in [-0.39, 0.29) is 0 Å². The SMILES string of the molecule is Cc1ccc(-c2c(Sc3ccccc3)nc3ccccc3c2-c2ccc(C)cc2)cc1. The van der Waals surface area contributed by atoms with Gasteiger partial charge in [0.05, 0.1) is 5.52 Å². The zero-order chi connectivity index (χ0) is 21.2. The molecule has 0 bridgehead atoms. The fourth-order valence-corrected chi connectivity index (χ4v) is 4.85. The molecule has 5 aromatic rings. The van der Waals surface area contributed by atoms with E-state index in [0.717, 1.165) is 10.5 Å². The summed E-state index contributed by atoms with van der Waals surface area (Å²) < 4.78 is 0.